The van der Waals surface area contributed by atoms with Gasteiger partial charge in [0.1, 0.15) is 18.0 Å². The van der Waals surface area contributed by atoms with Gasteiger partial charge in [0.05, 0.1) is 0 Å². The second kappa shape index (κ2) is 8.44. The van der Waals surface area contributed by atoms with Crippen LogP contribution in [0.4, 0.5) is 10.1 Å². The Morgan fingerprint density at radius 2 is 2.07 bits per heavy atom. The van der Waals surface area contributed by atoms with Crippen LogP contribution in [0.3, 0.4) is 0 Å². The zero-order valence-electron chi connectivity index (χ0n) is 16.1. The molecule has 1 saturated heterocycles. The van der Waals surface area contributed by atoms with Crippen molar-refractivity contribution in [3.63, 3.8) is 0 Å². The molecule has 1 fully saturated rings. The average molecular weight is 452 g/mol. The molecule has 2 aromatic carbocycles. The van der Waals surface area contributed by atoms with Crippen molar-refractivity contribution >= 4 is 33.6 Å². The molecule has 1 amide bonds. The zero-order valence-corrected chi connectivity index (χ0v) is 17.7. The molecular weight excluding hydrogens is 429 g/mol. The molecule has 3 N–H and O–H groups in total. The zero-order chi connectivity index (χ0) is 21.3. The lowest BCUT2D eigenvalue weighted by molar-refractivity contribution is -0.117. The Morgan fingerprint density at radius 1 is 1.30 bits per heavy atom. The number of aromatic hydroxyl groups is 1. The summed E-state index contributed by atoms with van der Waals surface area (Å²) < 4.78 is 41.9. The number of carbonyl (C=O) groups is 1. The molecule has 0 radical (unpaired) electrons. The van der Waals surface area contributed by atoms with Crippen LogP contribution in [0.1, 0.15) is 17.5 Å². The van der Waals surface area contributed by atoms with E-state index in [1.54, 1.807) is 4.72 Å². The third-order valence-electron chi connectivity index (χ3n) is 5.16. The fourth-order valence-corrected chi connectivity index (χ4v) is 6.04. The highest BCUT2D eigenvalue weighted by Crippen LogP contribution is 2.42. The van der Waals surface area contributed by atoms with Gasteiger partial charge in [-0.05, 0) is 37.4 Å². The molecular formula is C20H22FN3O4S2. The van der Waals surface area contributed by atoms with E-state index in [-0.39, 0.29) is 6.04 Å². The summed E-state index contributed by atoms with van der Waals surface area (Å²) in [5.74, 6) is -1.33. The lowest BCUT2D eigenvalue weighted by atomic mass is 10.0. The van der Waals surface area contributed by atoms with Crippen LogP contribution in [-0.4, -0.2) is 44.3 Å². The molecule has 0 spiro atoms. The van der Waals surface area contributed by atoms with Crippen LogP contribution < -0.4 is 14.3 Å². The minimum absolute atomic E-state index is 0.0279. The average Bonchev–Trinajstić information content (AvgIpc) is 2.98. The molecule has 0 unspecified atom stereocenters. The predicted octanol–water partition coefficient (Wildman–Crippen LogP) is 1.95. The van der Waals surface area contributed by atoms with Gasteiger partial charge >= 0.3 is 10.2 Å². The number of halogens is 1. The fourth-order valence-electron chi connectivity index (χ4n) is 3.72. The monoisotopic (exact) mass is 451 g/mol. The molecule has 2 aliphatic heterocycles. The van der Waals surface area contributed by atoms with Crippen molar-refractivity contribution in [3.05, 3.63) is 53.3 Å². The van der Waals surface area contributed by atoms with Gasteiger partial charge in [0.15, 0.2) is 5.82 Å². The fraction of sp³-hybridized carbons (Fsp3) is 0.350. The number of amides is 1. The summed E-state index contributed by atoms with van der Waals surface area (Å²) in [6.45, 7) is 0.223. The maximum Gasteiger partial charge on any atom is 0.326 e. The number of phenolic OH excluding ortho intramolecular Hbond substituents is 1. The smallest absolute Gasteiger partial charge is 0.326 e. The number of rotatable bonds is 6. The van der Waals surface area contributed by atoms with Gasteiger partial charge in [-0.1, -0.05) is 30.3 Å². The third-order valence-corrected chi connectivity index (χ3v) is 7.78. The van der Waals surface area contributed by atoms with Crippen LogP contribution in [0.2, 0.25) is 0 Å². The van der Waals surface area contributed by atoms with E-state index in [1.165, 1.54) is 23.4 Å². The van der Waals surface area contributed by atoms with Crippen LogP contribution in [0.5, 0.6) is 5.75 Å². The summed E-state index contributed by atoms with van der Waals surface area (Å²) >= 11 is 1.42. The van der Waals surface area contributed by atoms with E-state index in [4.69, 9.17) is 0 Å². The minimum Gasteiger partial charge on any atom is -0.506 e. The van der Waals surface area contributed by atoms with E-state index >= 15 is 4.39 Å². The van der Waals surface area contributed by atoms with Gasteiger partial charge in [-0.3, -0.25) is 4.79 Å². The molecule has 30 heavy (non-hydrogen) atoms. The molecule has 7 nitrogen and oxygen atoms in total. The van der Waals surface area contributed by atoms with Crippen molar-refractivity contribution in [2.75, 3.05) is 23.1 Å². The summed E-state index contributed by atoms with van der Waals surface area (Å²) in [5.41, 5.74) is 1.15. The standard InChI is InChI=1S/C20H22FN3O4S2/c21-19-15-9-14(22-8-4-7-13-5-2-1-3-6-13)12-29-17(15)10-16(25)20(19)24-11-18(26)23-30(24,27)28/h1-3,5-6,10,14,22,25H,4,7-9,11-12H2,(H,23,26)/t14-/m0/s1. The van der Waals surface area contributed by atoms with Gasteiger partial charge in [0.2, 0.25) is 0 Å². The van der Waals surface area contributed by atoms with E-state index < -0.39 is 39.9 Å². The van der Waals surface area contributed by atoms with Gasteiger partial charge < -0.3 is 10.4 Å². The first-order valence-corrected chi connectivity index (χ1v) is 12.1. The highest BCUT2D eigenvalue weighted by molar-refractivity contribution is 7.99. The molecule has 0 saturated carbocycles. The second-order valence-electron chi connectivity index (χ2n) is 7.33. The highest BCUT2D eigenvalue weighted by atomic mass is 32.2. The van der Waals surface area contributed by atoms with Gasteiger partial charge in [0, 0.05) is 22.3 Å². The van der Waals surface area contributed by atoms with Gasteiger partial charge in [-0.25, -0.2) is 13.4 Å². The summed E-state index contributed by atoms with van der Waals surface area (Å²) in [6.07, 6.45) is 2.27. The summed E-state index contributed by atoms with van der Waals surface area (Å²) in [5, 5.41) is 13.7. The number of nitrogens with zero attached hydrogens (tertiary/aromatic N) is 1. The van der Waals surface area contributed by atoms with Crippen LogP contribution in [0, 0.1) is 5.82 Å². The number of nitrogens with one attached hydrogen (secondary N) is 2. The predicted molar refractivity (Wildman–Crippen MR) is 113 cm³/mol. The molecule has 0 bridgehead atoms. The number of aryl methyl sites for hydroxylation is 1. The molecule has 2 aromatic rings. The number of anilines is 1. The number of benzene rings is 2. The van der Waals surface area contributed by atoms with Crippen LogP contribution in [0.15, 0.2) is 41.3 Å². The van der Waals surface area contributed by atoms with Crippen LogP contribution in [0.25, 0.3) is 0 Å². The molecule has 10 heteroatoms. The maximum atomic E-state index is 15.3. The van der Waals surface area contributed by atoms with Gasteiger partial charge in [-0.2, -0.15) is 8.42 Å². The lowest BCUT2D eigenvalue weighted by Crippen LogP contribution is -2.37. The first kappa shape index (κ1) is 21.0. The normalized spacial score (nSPS) is 20.1. The lowest BCUT2D eigenvalue weighted by Gasteiger charge is -2.28. The van der Waals surface area contributed by atoms with Gasteiger partial charge in [-0.15, -0.1) is 11.8 Å². The molecule has 0 aromatic heterocycles. The first-order valence-electron chi connectivity index (χ1n) is 9.63. The number of hydrogen-bond acceptors (Lipinski definition) is 6. The first-order chi connectivity index (χ1) is 14.3. The van der Waals surface area contributed by atoms with Crippen molar-refractivity contribution in [1.29, 1.82) is 0 Å². The number of hydrogen-bond donors (Lipinski definition) is 3. The number of carbonyl (C=O) groups excluding carboxylic acids is 1. The second-order valence-corrected chi connectivity index (χ2v) is 9.98. The number of thioether (sulfide) groups is 1. The Kier molecular flexibility index (Phi) is 5.90. The summed E-state index contributed by atoms with van der Waals surface area (Å²) in [6, 6.07) is 11.6. The Morgan fingerprint density at radius 3 is 2.77 bits per heavy atom. The van der Waals surface area contributed by atoms with Crippen molar-refractivity contribution < 1.29 is 22.7 Å². The minimum atomic E-state index is -4.21. The number of fused-ring (bicyclic) bond motifs is 1. The Bertz CT molecular complexity index is 1060. The Balaban J connectivity index is 1.46. The highest BCUT2D eigenvalue weighted by Gasteiger charge is 2.39. The topological polar surface area (TPSA) is 98.7 Å². The van der Waals surface area contributed by atoms with Crippen molar-refractivity contribution in [1.82, 2.24) is 10.0 Å². The molecule has 1 atom stereocenters. The van der Waals surface area contributed by atoms with Crippen LogP contribution >= 0.6 is 11.8 Å². The summed E-state index contributed by atoms with van der Waals surface area (Å²) in [4.78, 5) is 12.1. The summed E-state index contributed by atoms with van der Waals surface area (Å²) in [7, 11) is -4.21. The van der Waals surface area contributed by atoms with E-state index in [1.807, 2.05) is 18.2 Å². The van der Waals surface area contributed by atoms with Gasteiger partial charge in [0.25, 0.3) is 5.91 Å². The van der Waals surface area contributed by atoms with Crippen LogP contribution in [-0.2, 0) is 27.8 Å². The molecule has 4 rings (SSSR count). The van der Waals surface area contributed by atoms with E-state index in [0.717, 1.165) is 25.1 Å². The van der Waals surface area contributed by atoms with E-state index in [0.29, 0.717) is 21.2 Å². The number of phenols is 1. The Labute approximate surface area is 178 Å². The molecule has 0 aliphatic carbocycles. The molecule has 160 valence electrons. The van der Waals surface area contributed by atoms with Crippen molar-refractivity contribution in [3.8, 4) is 5.75 Å². The van der Waals surface area contributed by atoms with E-state index in [9.17, 15) is 18.3 Å². The van der Waals surface area contributed by atoms with Crippen molar-refractivity contribution in [2.24, 2.45) is 0 Å². The largest absolute Gasteiger partial charge is 0.506 e. The quantitative estimate of drug-likeness (QED) is 0.581. The van der Waals surface area contributed by atoms with Crippen molar-refractivity contribution in [2.45, 2.75) is 30.2 Å². The van der Waals surface area contributed by atoms with E-state index in [2.05, 4.69) is 17.4 Å². The Hall–Kier alpha value is -2.30. The maximum absolute atomic E-state index is 15.3. The molecule has 2 aliphatic rings. The molecule has 2 heterocycles. The third kappa shape index (κ3) is 4.26. The SMILES string of the molecule is O=C1CN(c2c(O)cc3c(c2F)C[C@H](NCCCc2ccccc2)CS3)S(=O)(=O)N1.